The number of halogens is 2. The molecule has 0 radical (unpaired) electrons. The second-order valence-corrected chi connectivity index (χ2v) is 8.30. The maximum atomic E-state index is 12.2. The van der Waals surface area contributed by atoms with Crippen LogP contribution in [0.5, 0.6) is 0 Å². The molecule has 1 saturated carbocycles. The average Bonchev–Trinajstić information content (AvgIpc) is 2.86. The summed E-state index contributed by atoms with van der Waals surface area (Å²) >= 11 is 13.2. The van der Waals surface area contributed by atoms with Crippen LogP contribution in [0.25, 0.3) is 0 Å². The third kappa shape index (κ3) is 5.36. The van der Waals surface area contributed by atoms with E-state index >= 15 is 0 Å². The van der Waals surface area contributed by atoms with Gasteiger partial charge in [0, 0.05) is 22.2 Å². The van der Waals surface area contributed by atoms with Gasteiger partial charge in [-0.15, -0.1) is 0 Å². The molecule has 1 atom stereocenters. The highest BCUT2D eigenvalue weighted by molar-refractivity contribution is 8.15. The predicted octanol–water partition coefficient (Wildman–Crippen LogP) is 4.24. The number of benzene rings is 1. The van der Waals surface area contributed by atoms with Crippen LogP contribution < -0.4 is 10.6 Å². The summed E-state index contributed by atoms with van der Waals surface area (Å²) in [6.45, 7) is 0. The zero-order valence-electron chi connectivity index (χ0n) is 13.6. The molecule has 2 N–H and O–H groups in total. The minimum absolute atomic E-state index is 0.0737. The zero-order chi connectivity index (χ0) is 17.8. The number of thioether (sulfide) groups is 1. The van der Waals surface area contributed by atoms with E-state index in [-0.39, 0.29) is 24.3 Å². The molecule has 3 rings (SSSR count). The summed E-state index contributed by atoms with van der Waals surface area (Å²) < 4.78 is 0. The maximum absolute atomic E-state index is 12.2. The lowest BCUT2D eigenvalue weighted by Gasteiger charge is -2.17. The lowest BCUT2D eigenvalue weighted by atomic mass is 9.96. The standard InChI is InChI=1S/C17H19Cl2N3O2S/c18-10-6-11(19)8-13(7-10)20-15(23)9-14-16(24)22-17(25-14)21-12-4-2-1-3-5-12/h6-8,12,14H,1-5,9H2,(H,20,23)(H,21,22,24). The molecule has 0 aromatic heterocycles. The Labute approximate surface area is 160 Å². The van der Waals surface area contributed by atoms with Crippen molar-refractivity contribution in [2.24, 2.45) is 4.99 Å². The number of nitrogens with one attached hydrogen (secondary N) is 2. The van der Waals surface area contributed by atoms with Gasteiger partial charge in [-0.1, -0.05) is 54.2 Å². The number of carbonyl (C=O) groups is 2. The molecule has 1 heterocycles. The van der Waals surface area contributed by atoms with Gasteiger partial charge in [0.25, 0.3) is 0 Å². The first-order valence-electron chi connectivity index (χ1n) is 8.31. The molecule has 1 aliphatic heterocycles. The van der Waals surface area contributed by atoms with Crippen molar-refractivity contribution in [1.29, 1.82) is 0 Å². The van der Waals surface area contributed by atoms with Crippen LogP contribution >= 0.6 is 35.0 Å². The quantitative estimate of drug-likeness (QED) is 0.794. The number of rotatable bonds is 4. The molecule has 5 nitrogen and oxygen atoms in total. The second kappa shape index (κ2) is 8.43. The molecule has 1 aliphatic carbocycles. The summed E-state index contributed by atoms with van der Waals surface area (Å²) in [5.74, 6) is -0.427. The van der Waals surface area contributed by atoms with Gasteiger partial charge >= 0.3 is 0 Å². The van der Waals surface area contributed by atoms with E-state index < -0.39 is 5.25 Å². The Morgan fingerprint density at radius 3 is 2.56 bits per heavy atom. The molecule has 0 spiro atoms. The van der Waals surface area contributed by atoms with Crippen molar-refractivity contribution in [3.8, 4) is 0 Å². The average molecular weight is 400 g/mol. The van der Waals surface area contributed by atoms with Gasteiger partial charge in [0.05, 0.1) is 6.04 Å². The summed E-state index contributed by atoms with van der Waals surface area (Å²) in [6, 6.07) is 5.11. The monoisotopic (exact) mass is 399 g/mol. The van der Waals surface area contributed by atoms with Crippen molar-refractivity contribution >= 4 is 57.6 Å². The molecular weight excluding hydrogens is 381 g/mol. The van der Waals surface area contributed by atoms with Crippen molar-refractivity contribution in [2.45, 2.75) is 49.8 Å². The van der Waals surface area contributed by atoms with Gasteiger partial charge in [-0.05, 0) is 31.0 Å². The van der Waals surface area contributed by atoms with Crippen molar-refractivity contribution in [2.75, 3.05) is 5.32 Å². The number of aliphatic imine (C=N–C) groups is 1. The summed E-state index contributed by atoms with van der Waals surface area (Å²) in [5.41, 5.74) is 0.516. The number of nitrogens with zero attached hydrogens (tertiary/aromatic N) is 1. The van der Waals surface area contributed by atoms with Crippen molar-refractivity contribution in [3.05, 3.63) is 28.2 Å². The summed E-state index contributed by atoms with van der Waals surface area (Å²) in [7, 11) is 0. The Bertz CT molecular complexity index is 685. The van der Waals surface area contributed by atoms with Crippen LogP contribution in [0.15, 0.2) is 23.2 Å². The lowest BCUT2D eigenvalue weighted by molar-refractivity contribution is -0.122. The Balaban J connectivity index is 1.56. The highest BCUT2D eigenvalue weighted by Gasteiger charge is 2.32. The third-order valence-electron chi connectivity index (χ3n) is 4.17. The van der Waals surface area contributed by atoms with E-state index in [1.54, 1.807) is 18.2 Å². The number of hydrogen-bond donors (Lipinski definition) is 2. The molecule has 8 heteroatoms. The van der Waals surface area contributed by atoms with Crippen LogP contribution in [0, 0.1) is 0 Å². The largest absolute Gasteiger partial charge is 0.326 e. The molecule has 1 aromatic carbocycles. The first-order valence-corrected chi connectivity index (χ1v) is 9.94. The SMILES string of the molecule is O=C(CC1SC(=NC2CCCCC2)NC1=O)Nc1cc(Cl)cc(Cl)c1. The number of amidine groups is 1. The van der Waals surface area contributed by atoms with Crippen LogP contribution in [-0.2, 0) is 9.59 Å². The van der Waals surface area contributed by atoms with E-state index in [0.717, 1.165) is 12.8 Å². The predicted molar refractivity (Wildman–Crippen MR) is 104 cm³/mol. The molecule has 134 valence electrons. The minimum Gasteiger partial charge on any atom is -0.326 e. The van der Waals surface area contributed by atoms with E-state index in [0.29, 0.717) is 20.9 Å². The van der Waals surface area contributed by atoms with E-state index in [1.165, 1.54) is 31.0 Å². The normalized spacial score (nSPS) is 22.9. The Morgan fingerprint density at radius 2 is 1.88 bits per heavy atom. The zero-order valence-corrected chi connectivity index (χ0v) is 15.9. The van der Waals surface area contributed by atoms with Gasteiger partial charge < -0.3 is 10.6 Å². The van der Waals surface area contributed by atoms with Gasteiger partial charge in [0.15, 0.2) is 5.17 Å². The molecule has 2 fully saturated rings. The third-order valence-corrected chi connectivity index (χ3v) is 5.70. The second-order valence-electron chi connectivity index (χ2n) is 6.23. The highest BCUT2D eigenvalue weighted by Crippen LogP contribution is 2.27. The first kappa shape index (κ1) is 18.5. The number of anilines is 1. The van der Waals surface area contributed by atoms with Gasteiger partial charge in [-0.2, -0.15) is 0 Å². The fourth-order valence-electron chi connectivity index (χ4n) is 2.98. The Kier molecular flexibility index (Phi) is 6.25. The van der Waals surface area contributed by atoms with Crippen molar-refractivity contribution in [1.82, 2.24) is 5.32 Å². The molecule has 0 bridgehead atoms. The number of carbonyl (C=O) groups excluding carboxylic acids is 2. The molecule has 25 heavy (non-hydrogen) atoms. The lowest BCUT2D eigenvalue weighted by Crippen LogP contribution is -2.28. The van der Waals surface area contributed by atoms with E-state index in [1.807, 2.05) is 0 Å². The fraction of sp³-hybridized carbons (Fsp3) is 0.471. The smallest absolute Gasteiger partial charge is 0.240 e. The van der Waals surface area contributed by atoms with Crippen LogP contribution in [0.1, 0.15) is 38.5 Å². The van der Waals surface area contributed by atoms with Crippen LogP contribution in [-0.4, -0.2) is 28.3 Å². The topological polar surface area (TPSA) is 70.6 Å². The van der Waals surface area contributed by atoms with E-state index in [2.05, 4.69) is 15.6 Å². The molecule has 1 aromatic rings. The summed E-state index contributed by atoms with van der Waals surface area (Å²) in [4.78, 5) is 28.9. The first-order chi connectivity index (χ1) is 12.0. The van der Waals surface area contributed by atoms with Crippen LogP contribution in [0.3, 0.4) is 0 Å². The van der Waals surface area contributed by atoms with Crippen molar-refractivity contribution < 1.29 is 9.59 Å². The summed E-state index contributed by atoms with van der Waals surface area (Å²) in [6.07, 6.45) is 5.85. The summed E-state index contributed by atoms with van der Waals surface area (Å²) in [5, 5.41) is 6.58. The number of amides is 2. The number of hydrogen-bond acceptors (Lipinski definition) is 4. The van der Waals surface area contributed by atoms with Crippen LogP contribution in [0.4, 0.5) is 5.69 Å². The molecule has 1 unspecified atom stereocenters. The molecule has 1 saturated heterocycles. The van der Waals surface area contributed by atoms with Crippen LogP contribution in [0.2, 0.25) is 10.0 Å². The highest BCUT2D eigenvalue weighted by atomic mass is 35.5. The minimum atomic E-state index is -0.461. The van der Waals surface area contributed by atoms with E-state index in [9.17, 15) is 9.59 Å². The maximum Gasteiger partial charge on any atom is 0.240 e. The van der Waals surface area contributed by atoms with E-state index in [4.69, 9.17) is 23.2 Å². The Hall–Kier alpha value is -1.24. The van der Waals surface area contributed by atoms with Crippen molar-refractivity contribution in [3.63, 3.8) is 0 Å². The van der Waals surface area contributed by atoms with Gasteiger partial charge in [-0.3, -0.25) is 14.6 Å². The van der Waals surface area contributed by atoms with Gasteiger partial charge in [0.2, 0.25) is 11.8 Å². The van der Waals surface area contributed by atoms with Gasteiger partial charge in [-0.25, -0.2) is 0 Å². The van der Waals surface area contributed by atoms with Gasteiger partial charge in [0.1, 0.15) is 5.25 Å². The Morgan fingerprint density at radius 1 is 1.20 bits per heavy atom. The molecule has 2 amide bonds. The fourth-order valence-corrected chi connectivity index (χ4v) is 4.55. The molecule has 2 aliphatic rings. The molecular formula is C17H19Cl2N3O2S.